The number of benzene rings is 4. The average Bonchev–Trinajstić information content (AvgIpc) is 3.47. The van der Waals surface area contributed by atoms with Gasteiger partial charge in [0.2, 0.25) is 0 Å². The highest BCUT2D eigenvalue weighted by atomic mass is 16.3. The lowest BCUT2D eigenvalue weighted by Crippen LogP contribution is -2.29. The molecule has 0 saturated heterocycles. The lowest BCUT2D eigenvalue weighted by Gasteiger charge is -2.20. The van der Waals surface area contributed by atoms with Crippen molar-refractivity contribution in [1.82, 2.24) is 4.57 Å². The zero-order chi connectivity index (χ0) is 26.6. The number of hydrogen-bond acceptors (Lipinski definition) is 1. The summed E-state index contributed by atoms with van der Waals surface area (Å²) in [6.07, 6.45) is 4.40. The largest absolute Gasteiger partial charge is 0.456 e. The van der Waals surface area contributed by atoms with Gasteiger partial charge in [0.1, 0.15) is 29.2 Å². The van der Waals surface area contributed by atoms with E-state index in [1.54, 1.807) is 0 Å². The van der Waals surface area contributed by atoms with Gasteiger partial charge < -0.3 is 4.42 Å². The monoisotopic (exact) mass is 499 g/mol. The Morgan fingerprint density at radius 1 is 0.711 bits per heavy atom. The van der Waals surface area contributed by atoms with Crippen LogP contribution in [0.25, 0.3) is 50.1 Å². The molecule has 0 atom stereocenters. The van der Waals surface area contributed by atoms with E-state index in [9.17, 15) is 0 Å². The fourth-order valence-electron chi connectivity index (χ4n) is 5.73. The van der Waals surface area contributed by atoms with Gasteiger partial charge in [-0.1, -0.05) is 76.2 Å². The average molecular weight is 500 g/mol. The molecule has 0 bridgehead atoms. The van der Waals surface area contributed by atoms with Crippen molar-refractivity contribution in [3.8, 4) is 28.2 Å². The Hall–Kier alpha value is -4.11. The van der Waals surface area contributed by atoms with Crippen molar-refractivity contribution >= 4 is 21.9 Å². The van der Waals surface area contributed by atoms with Crippen LogP contribution in [0.2, 0.25) is 0 Å². The summed E-state index contributed by atoms with van der Waals surface area (Å²) in [7, 11) is 2.14. The van der Waals surface area contributed by atoms with Crippen molar-refractivity contribution in [2.45, 2.75) is 46.5 Å². The van der Waals surface area contributed by atoms with Crippen LogP contribution < -0.4 is 4.57 Å². The van der Waals surface area contributed by atoms with Crippen molar-refractivity contribution in [2.75, 3.05) is 0 Å². The Balaban J connectivity index is 1.63. The third-order valence-corrected chi connectivity index (χ3v) is 7.73. The number of para-hydroxylation sites is 1. The standard InChI is InChI=1S/C35H35N2O/c1-22(2)28-19-26(25-12-8-7-9-13-25)20-29(23(3)4)34(28)37-17-16-36(6)35(37)30-21-31-27-14-10-11-15-32(27)38-33(31)18-24(30)5/h7-23H,1-6H3/q+1. The van der Waals surface area contributed by atoms with E-state index in [1.807, 2.05) is 12.1 Å². The number of hydrogen-bond donors (Lipinski definition) is 0. The molecule has 3 heteroatoms. The van der Waals surface area contributed by atoms with Gasteiger partial charge in [-0.2, -0.15) is 4.57 Å². The molecule has 6 rings (SSSR count). The maximum atomic E-state index is 6.19. The summed E-state index contributed by atoms with van der Waals surface area (Å²) in [5, 5.41) is 2.31. The predicted octanol–water partition coefficient (Wildman–Crippen LogP) is 9.09. The minimum Gasteiger partial charge on any atom is -0.456 e. The third kappa shape index (κ3) is 3.94. The molecule has 38 heavy (non-hydrogen) atoms. The predicted molar refractivity (Wildman–Crippen MR) is 158 cm³/mol. The van der Waals surface area contributed by atoms with Gasteiger partial charge in [0.05, 0.1) is 12.6 Å². The number of fused-ring (bicyclic) bond motifs is 3. The molecule has 0 N–H and O–H groups in total. The Kier molecular flexibility index (Phi) is 5.95. The number of rotatable bonds is 5. The molecular weight excluding hydrogens is 464 g/mol. The Bertz CT molecular complexity index is 1760. The fraction of sp³-hybridized carbons (Fsp3) is 0.229. The van der Waals surface area contributed by atoms with Crippen LogP contribution in [-0.4, -0.2) is 4.57 Å². The Morgan fingerprint density at radius 3 is 2.05 bits per heavy atom. The van der Waals surface area contributed by atoms with E-state index in [-0.39, 0.29) is 0 Å². The highest BCUT2D eigenvalue weighted by Crippen LogP contribution is 2.39. The molecule has 190 valence electrons. The SMILES string of the molecule is Cc1cc2oc3ccccc3c2cc1-c1n(-c2c(C(C)C)cc(-c3ccccc3)cc2C(C)C)cc[n+]1C. The normalized spacial score (nSPS) is 11.9. The zero-order valence-corrected chi connectivity index (χ0v) is 23.1. The minimum atomic E-state index is 0.369. The molecule has 0 aliphatic carbocycles. The van der Waals surface area contributed by atoms with E-state index >= 15 is 0 Å². The molecule has 3 nitrogen and oxygen atoms in total. The van der Waals surface area contributed by atoms with Crippen LogP contribution in [0.3, 0.4) is 0 Å². The van der Waals surface area contributed by atoms with Gasteiger partial charge >= 0.3 is 0 Å². The first-order valence-electron chi connectivity index (χ1n) is 13.6. The minimum absolute atomic E-state index is 0.369. The summed E-state index contributed by atoms with van der Waals surface area (Å²) < 4.78 is 10.9. The Morgan fingerprint density at radius 2 is 1.37 bits per heavy atom. The molecule has 2 aromatic heterocycles. The number of aromatic nitrogens is 2. The highest BCUT2D eigenvalue weighted by Gasteiger charge is 2.28. The molecule has 2 heterocycles. The molecule has 6 aromatic rings. The quantitative estimate of drug-likeness (QED) is 0.217. The summed E-state index contributed by atoms with van der Waals surface area (Å²) in [4.78, 5) is 0. The second-order valence-electron chi connectivity index (χ2n) is 11.0. The molecule has 0 radical (unpaired) electrons. The van der Waals surface area contributed by atoms with Crippen molar-refractivity contribution in [1.29, 1.82) is 0 Å². The topological polar surface area (TPSA) is 21.9 Å². The summed E-state index contributed by atoms with van der Waals surface area (Å²) in [5.74, 6) is 1.91. The van der Waals surface area contributed by atoms with Gasteiger partial charge in [0.15, 0.2) is 0 Å². The molecule has 0 saturated carbocycles. The first kappa shape index (κ1) is 24.2. The van der Waals surface area contributed by atoms with E-state index < -0.39 is 0 Å². The van der Waals surface area contributed by atoms with Crippen LogP contribution in [0.5, 0.6) is 0 Å². The van der Waals surface area contributed by atoms with Gasteiger partial charge in [0, 0.05) is 21.9 Å². The van der Waals surface area contributed by atoms with Gasteiger partial charge in [-0.05, 0) is 65.8 Å². The smallest absolute Gasteiger partial charge is 0.294 e. The summed E-state index contributed by atoms with van der Waals surface area (Å²) in [5.41, 5.74) is 10.8. The molecule has 0 aliphatic heterocycles. The van der Waals surface area contributed by atoms with E-state index in [4.69, 9.17) is 4.42 Å². The van der Waals surface area contributed by atoms with E-state index in [0.717, 1.165) is 21.9 Å². The molecular formula is C35H35N2O+. The maximum absolute atomic E-state index is 6.19. The second kappa shape index (κ2) is 9.33. The zero-order valence-electron chi connectivity index (χ0n) is 23.1. The maximum Gasteiger partial charge on any atom is 0.294 e. The summed E-state index contributed by atoms with van der Waals surface area (Å²) >= 11 is 0. The van der Waals surface area contributed by atoms with Crippen LogP contribution in [-0.2, 0) is 7.05 Å². The summed E-state index contributed by atoms with van der Waals surface area (Å²) in [6, 6.07) is 28.3. The van der Waals surface area contributed by atoms with Gasteiger partial charge in [-0.15, -0.1) is 0 Å². The van der Waals surface area contributed by atoms with E-state index in [0.29, 0.717) is 11.8 Å². The molecule has 0 amide bonds. The van der Waals surface area contributed by atoms with E-state index in [1.165, 1.54) is 44.9 Å². The summed E-state index contributed by atoms with van der Waals surface area (Å²) in [6.45, 7) is 11.4. The van der Waals surface area contributed by atoms with Crippen molar-refractivity contribution < 1.29 is 8.98 Å². The molecule has 0 fully saturated rings. The first-order valence-corrected chi connectivity index (χ1v) is 13.6. The second-order valence-corrected chi connectivity index (χ2v) is 11.0. The van der Waals surface area contributed by atoms with Crippen LogP contribution in [0, 0.1) is 6.92 Å². The van der Waals surface area contributed by atoms with Gasteiger partial charge in [0.25, 0.3) is 5.82 Å². The number of nitrogens with zero attached hydrogens (tertiary/aromatic N) is 2. The van der Waals surface area contributed by atoms with Crippen LogP contribution >= 0.6 is 0 Å². The highest BCUT2D eigenvalue weighted by molar-refractivity contribution is 6.06. The van der Waals surface area contributed by atoms with Crippen molar-refractivity contribution in [3.63, 3.8) is 0 Å². The van der Waals surface area contributed by atoms with Crippen LogP contribution in [0.1, 0.15) is 56.2 Å². The van der Waals surface area contributed by atoms with Crippen molar-refractivity contribution in [3.05, 3.63) is 108 Å². The molecule has 0 aliphatic rings. The number of imidazole rings is 1. The lowest BCUT2D eigenvalue weighted by molar-refractivity contribution is -0.659. The van der Waals surface area contributed by atoms with Crippen molar-refractivity contribution in [2.24, 2.45) is 7.05 Å². The first-order chi connectivity index (χ1) is 18.3. The van der Waals surface area contributed by atoms with Gasteiger partial charge in [-0.25, -0.2) is 4.57 Å². The third-order valence-electron chi connectivity index (χ3n) is 7.73. The molecule has 4 aromatic carbocycles. The molecule has 0 spiro atoms. The number of furan rings is 1. The lowest BCUT2D eigenvalue weighted by atomic mass is 9.88. The van der Waals surface area contributed by atoms with Crippen LogP contribution in [0.4, 0.5) is 0 Å². The van der Waals surface area contributed by atoms with E-state index in [2.05, 4.69) is 130 Å². The van der Waals surface area contributed by atoms with Crippen LogP contribution in [0.15, 0.2) is 95.7 Å². The van der Waals surface area contributed by atoms with Gasteiger partial charge in [-0.3, -0.25) is 0 Å². The fourth-order valence-corrected chi connectivity index (χ4v) is 5.73. The Labute approximate surface area is 225 Å². The number of aryl methyl sites for hydroxylation is 2. The molecule has 0 unspecified atom stereocenters.